The summed E-state index contributed by atoms with van der Waals surface area (Å²) in [7, 11) is -4.76. The Kier molecular flexibility index (Phi) is 2.68. The van der Waals surface area contributed by atoms with Crippen molar-refractivity contribution in [2.45, 2.75) is 4.90 Å². The zero-order valence-corrected chi connectivity index (χ0v) is 8.56. The normalized spacial score (nSPS) is 10.8. The first-order valence-electron chi connectivity index (χ1n) is 3.09. The lowest BCUT2D eigenvalue weighted by molar-refractivity contribution is 0.551. The van der Waals surface area contributed by atoms with E-state index in [2.05, 4.69) is 15.9 Å². The summed E-state index contributed by atoms with van der Waals surface area (Å²) in [4.78, 5) is -0.522. The highest BCUT2D eigenvalue weighted by Gasteiger charge is 2.16. The van der Waals surface area contributed by atoms with Crippen LogP contribution in [0.15, 0.2) is 27.6 Å². The van der Waals surface area contributed by atoms with Crippen LogP contribution in [0.2, 0.25) is 0 Å². The Bertz CT molecular complexity index is 478. The fraction of sp³-hybridized carbons (Fsp3) is 0. The minimum Gasteiger partial charge on any atom is -0.192 e. The first kappa shape index (κ1) is 10.2. The summed E-state index contributed by atoms with van der Waals surface area (Å²) in [5, 5.41) is 8.44. The maximum absolute atomic E-state index is 12.5. The Hall–Kier alpha value is -0.930. The summed E-state index contributed by atoms with van der Waals surface area (Å²) >= 11 is 2.87. The van der Waals surface area contributed by atoms with E-state index < -0.39 is 15.1 Å². The van der Waals surface area contributed by atoms with Crippen molar-refractivity contribution in [3.8, 4) is 6.07 Å². The van der Waals surface area contributed by atoms with Crippen LogP contribution in [-0.2, 0) is 10.2 Å². The molecule has 0 bridgehead atoms. The van der Waals surface area contributed by atoms with Crippen LogP contribution in [0.3, 0.4) is 0 Å². The molecule has 0 saturated heterocycles. The van der Waals surface area contributed by atoms with Crippen molar-refractivity contribution >= 4 is 26.2 Å². The van der Waals surface area contributed by atoms with Gasteiger partial charge in [-0.05, 0) is 34.1 Å². The number of hydrogen-bond acceptors (Lipinski definition) is 3. The molecule has 0 spiro atoms. The molecule has 0 heterocycles. The van der Waals surface area contributed by atoms with Crippen LogP contribution in [0.25, 0.3) is 0 Å². The number of benzene rings is 1. The quantitative estimate of drug-likeness (QED) is 0.728. The molecule has 1 aromatic carbocycles. The van der Waals surface area contributed by atoms with Crippen molar-refractivity contribution in [2.75, 3.05) is 0 Å². The second kappa shape index (κ2) is 3.44. The number of rotatable bonds is 1. The van der Waals surface area contributed by atoms with Gasteiger partial charge in [-0.1, -0.05) is 0 Å². The maximum atomic E-state index is 12.5. The largest absolute Gasteiger partial charge is 0.333 e. The fourth-order valence-corrected chi connectivity index (χ4v) is 2.16. The van der Waals surface area contributed by atoms with E-state index >= 15 is 0 Å². The SMILES string of the molecule is N#Cc1ccc(Br)c(S(=O)(=O)F)c1. The summed E-state index contributed by atoms with van der Waals surface area (Å²) in [6, 6.07) is 5.38. The van der Waals surface area contributed by atoms with Gasteiger partial charge in [-0.3, -0.25) is 0 Å². The summed E-state index contributed by atoms with van der Waals surface area (Å²) in [5.41, 5.74) is 0.0967. The highest BCUT2D eigenvalue weighted by Crippen LogP contribution is 2.24. The third-order valence-electron chi connectivity index (χ3n) is 1.32. The smallest absolute Gasteiger partial charge is 0.192 e. The van der Waals surface area contributed by atoms with Gasteiger partial charge in [0.2, 0.25) is 0 Å². The molecule has 1 aromatic rings. The lowest BCUT2D eigenvalue weighted by Crippen LogP contribution is -1.94. The molecule has 0 atom stereocenters. The van der Waals surface area contributed by atoms with Crippen LogP contribution in [0, 0.1) is 11.3 Å². The minimum atomic E-state index is -4.76. The summed E-state index contributed by atoms with van der Waals surface area (Å²) in [6.45, 7) is 0. The van der Waals surface area contributed by atoms with E-state index in [0.29, 0.717) is 0 Å². The number of nitrogens with zero attached hydrogens (tertiary/aromatic N) is 1. The van der Waals surface area contributed by atoms with Gasteiger partial charge in [0.05, 0.1) is 11.6 Å². The molecule has 13 heavy (non-hydrogen) atoms. The standard InChI is InChI=1S/C7H3BrFNO2S/c8-6-2-1-5(4-10)3-7(6)13(9,11)12/h1-3H. The molecule has 0 unspecified atom stereocenters. The van der Waals surface area contributed by atoms with E-state index in [-0.39, 0.29) is 10.0 Å². The van der Waals surface area contributed by atoms with E-state index in [1.165, 1.54) is 12.1 Å². The van der Waals surface area contributed by atoms with Gasteiger partial charge in [0.1, 0.15) is 4.90 Å². The summed E-state index contributed by atoms with van der Waals surface area (Å²) in [5.74, 6) is 0. The van der Waals surface area contributed by atoms with Crippen LogP contribution in [0.4, 0.5) is 3.89 Å². The Morgan fingerprint density at radius 3 is 2.54 bits per heavy atom. The first-order valence-corrected chi connectivity index (χ1v) is 5.27. The van der Waals surface area contributed by atoms with Gasteiger partial charge >= 0.3 is 10.2 Å². The molecule has 0 radical (unpaired) electrons. The average Bonchev–Trinajstić information content (AvgIpc) is 2.03. The van der Waals surface area contributed by atoms with Crippen LogP contribution in [0.5, 0.6) is 0 Å². The van der Waals surface area contributed by atoms with E-state index in [1.54, 1.807) is 6.07 Å². The molecule has 6 heteroatoms. The zero-order valence-electron chi connectivity index (χ0n) is 6.16. The predicted octanol–water partition coefficient (Wildman–Crippen LogP) is 1.98. The number of halogens is 2. The molecule has 0 aliphatic rings. The third kappa shape index (κ3) is 2.26. The minimum absolute atomic E-state index is 0.0967. The Balaban J connectivity index is 3.47. The number of nitriles is 1. The van der Waals surface area contributed by atoms with Crippen LogP contribution in [0.1, 0.15) is 5.56 Å². The second-order valence-corrected chi connectivity index (χ2v) is 4.36. The highest BCUT2D eigenvalue weighted by atomic mass is 79.9. The third-order valence-corrected chi connectivity index (χ3v) is 3.14. The van der Waals surface area contributed by atoms with Crippen molar-refractivity contribution < 1.29 is 12.3 Å². The molecule has 0 aromatic heterocycles. The van der Waals surface area contributed by atoms with Gasteiger partial charge < -0.3 is 0 Å². The molecule has 0 amide bonds. The monoisotopic (exact) mass is 263 g/mol. The van der Waals surface area contributed by atoms with Gasteiger partial charge in [0.15, 0.2) is 0 Å². The fourth-order valence-electron chi connectivity index (χ4n) is 0.760. The second-order valence-electron chi connectivity index (χ2n) is 2.19. The van der Waals surface area contributed by atoms with Crippen molar-refractivity contribution in [3.63, 3.8) is 0 Å². The molecule has 1 rings (SSSR count). The zero-order chi connectivity index (χ0) is 10.1. The van der Waals surface area contributed by atoms with Crippen LogP contribution >= 0.6 is 15.9 Å². The van der Waals surface area contributed by atoms with E-state index in [1.807, 2.05) is 0 Å². The topological polar surface area (TPSA) is 57.9 Å². The predicted molar refractivity (Wildman–Crippen MR) is 47.2 cm³/mol. The maximum Gasteiger partial charge on any atom is 0.333 e. The van der Waals surface area contributed by atoms with E-state index in [0.717, 1.165) is 6.07 Å². The van der Waals surface area contributed by atoms with E-state index in [9.17, 15) is 12.3 Å². The van der Waals surface area contributed by atoms with Crippen LogP contribution < -0.4 is 0 Å². The van der Waals surface area contributed by atoms with Crippen molar-refractivity contribution in [1.29, 1.82) is 5.26 Å². The molecule has 0 N–H and O–H groups in total. The lowest BCUT2D eigenvalue weighted by atomic mass is 10.2. The van der Waals surface area contributed by atoms with Gasteiger partial charge in [-0.25, -0.2) is 0 Å². The van der Waals surface area contributed by atoms with Gasteiger partial charge in [0, 0.05) is 4.47 Å². The molecule has 0 aliphatic heterocycles. The molecule has 3 nitrogen and oxygen atoms in total. The molecule has 0 fully saturated rings. The molecule has 68 valence electrons. The van der Waals surface area contributed by atoms with Crippen molar-refractivity contribution in [2.24, 2.45) is 0 Å². The van der Waals surface area contributed by atoms with E-state index in [4.69, 9.17) is 5.26 Å². The van der Waals surface area contributed by atoms with Gasteiger partial charge in [-0.2, -0.15) is 13.7 Å². The van der Waals surface area contributed by atoms with Crippen LogP contribution in [-0.4, -0.2) is 8.42 Å². The summed E-state index contributed by atoms with van der Waals surface area (Å²) < 4.78 is 33.7. The molecule has 0 saturated carbocycles. The average molecular weight is 264 g/mol. The number of hydrogen-bond donors (Lipinski definition) is 0. The molecular weight excluding hydrogens is 261 g/mol. The Labute approximate surface area is 83.1 Å². The molecular formula is C7H3BrFNO2S. The van der Waals surface area contributed by atoms with Crippen molar-refractivity contribution in [3.05, 3.63) is 28.2 Å². The van der Waals surface area contributed by atoms with Gasteiger partial charge in [0.25, 0.3) is 0 Å². The van der Waals surface area contributed by atoms with Crippen molar-refractivity contribution in [1.82, 2.24) is 0 Å². The first-order chi connectivity index (χ1) is 5.95. The highest BCUT2D eigenvalue weighted by molar-refractivity contribution is 9.10. The Morgan fingerprint density at radius 1 is 1.46 bits per heavy atom. The summed E-state index contributed by atoms with van der Waals surface area (Å²) in [6.07, 6.45) is 0. The molecule has 0 aliphatic carbocycles. The lowest BCUT2D eigenvalue weighted by Gasteiger charge is -1.98. The van der Waals surface area contributed by atoms with Gasteiger partial charge in [-0.15, -0.1) is 3.89 Å². The Morgan fingerprint density at radius 2 is 2.08 bits per heavy atom.